The number of hydrogen-bond donors (Lipinski definition) is 0. The number of hydrazine groups is 1. The molecule has 2 rings (SSSR count). The minimum atomic E-state index is -0.311. The molecule has 0 bridgehead atoms. The van der Waals surface area contributed by atoms with Gasteiger partial charge in [-0.2, -0.15) is 5.26 Å². The van der Waals surface area contributed by atoms with Crippen LogP contribution in [0.4, 0.5) is 10.1 Å². The average Bonchev–Trinajstić information content (AvgIpc) is 2.90. The summed E-state index contributed by atoms with van der Waals surface area (Å²) in [6, 6.07) is 6.66. The van der Waals surface area contributed by atoms with E-state index in [1.54, 1.807) is 12.1 Å². The van der Waals surface area contributed by atoms with E-state index in [2.05, 4.69) is 11.9 Å². The third-order valence-electron chi connectivity index (χ3n) is 3.21. The largest absolute Gasteiger partial charge is 0.303 e. The number of benzene rings is 1. The number of anilines is 1. The monoisotopic (exact) mass is 247 g/mol. The number of nitrogens with zero attached hydrogens (tertiary/aromatic N) is 3. The Morgan fingerprint density at radius 2 is 2.11 bits per heavy atom. The van der Waals surface area contributed by atoms with Crippen LogP contribution in [0.25, 0.3) is 0 Å². The molecule has 0 unspecified atom stereocenters. The zero-order valence-electron chi connectivity index (χ0n) is 10.7. The zero-order chi connectivity index (χ0) is 13.0. The van der Waals surface area contributed by atoms with E-state index in [0.717, 1.165) is 38.9 Å². The molecule has 0 amide bonds. The van der Waals surface area contributed by atoms with Crippen LogP contribution in [0.15, 0.2) is 18.2 Å². The maximum absolute atomic E-state index is 14.0. The van der Waals surface area contributed by atoms with E-state index < -0.39 is 0 Å². The molecule has 0 atom stereocenters. The molecule has 1 aromatic rings. The maximum Gasteiger partial charge on any atom is 0.149 e. The summed E-state index contributed by atoms with van der Waals surface area (Å²) in [7, 11) is 0. The number of halogens is 1. The lowest BCUT2D eigenvalue weighted by Crippen LogP contribution is -2.41. The van der Waals surface area contributed by atoms with Crippen LogP contribution in [-0.2, 0) is 0 Å². The molecule has 4 heteroatoms. The molecule has 0 radical (unpaired) electrons. The standard InChI is InChI=1S/C14H18FN3/c1-2-7-18(17-8-3-4-9-17)14-6-5-12(11-16)10-13(14)15/h5-6,10H,2-4,7-9H2,1H3. The minimum Gasteiger partial charge on any atom is -0.303 e. The molecule has 0 spiro atoms. The number of nitriles is 1. The highest BCUT2D eigenvalue weighted by molar-refractivity contribution is 5.50. The summed E-state index contributed by atoms with van der Waals surface area (Å²) in [6.07, 6.45) is 3.30. The molecule has 0 aromatic heterocycles. The first-order valence-electron chi connectivity index (χ1n) is 6.48. The van der Waals surface area contributed by atoms with E-state index in [4.69, 9.17) is 5.26 Å². The summed E-state index contributed by atoms with van der Waals surface area (Å²) in [5.41, 5.74) is 0.951. The van der Waals surface area contributed by atoms with Crippen LogP contribution in [0.3, 0.4) is 0 Å². The predicted octanol–water partition coefficient (Wildman–Crippen LogP) is 2.92. The summed E-state index contributed by atoms with van der Waals surface area (Å²) < 4.78 is 14.0. The smallest absolute Gasteiger partial charge is 0.149 e. The lowest BCUT2D eigenvalue weighted by Gasteiger charge is -2.33. The maximum atomic E-state index is 14.0. The van der Waals surface area contributed by atoms with Gasteiger partial charge in [-0.25, -0.2) is 9.40 Å². The van der Waals surface area contributed by atoms with Gasteiger partial charge in [-0.15, -0.1) is 0 Å². The Morgan fingerprint density at radius 1 is 1.39 bits per heavy atom. The SMILES string of the molecule is CCCN(c1ccc(C#N)cc1F)N1CCCC1. The molecule has 1 heterocycles. The van der Waals surface area contributed by atoms with Crippen LogP contribution < -0.4 is 5.01 Å². The molecule has 1 aliphatic heterocycles. The average molecular weight is 247 g/mol. The fourth-order valence-electron chi connectivity index (χ4n) is 2.35. The zero-order valence-corrected chi connectivity index (χ0v) is 10.7. The molecular weight excluding hydrogens is 229 g/mol. The van der Waals surface area contributed by atoms with Gasteiger partial charge in [-0.1, -0.05) is 6.92 Å². The fourth-order valence-corrected chi connectivity index (χ4v) is 2.35. The van der Waals surface area contributed by atoms with Gasteiger partial charge in [0.2, 0.25) is 0 Å². The van der Waals surface area contributed by atoms with Crippen molar-refractivity contribution < 1.29 is 4.39 Å². The highest BCUT2D eigenvalue weighted by Crippen LogP contribution is 2.24. The normalized spacial score (nSPS) is 15.6. The van der Waals surface area contributed by atoms with Crippen LogP contribution in [0, 0.1) is 17.1 Å². The van der Waals surface area contributed by atoms with Crippen molar-refractivity contribution in [3.8, 4) is 6.07 Å². The van der Waals surface area contributed by atoms with E-state index in [0.29, 0.717) is 11.3 Å². The van der Waals surface area contributed by atoms with E-state index >= 15 is 0 Å². The summed E-state index contributed by atoms with van der Waals surface area (Å²) in [6.45, 7) is 4.87. The van der Waals surface area contributed by atoms with Crippen LogP contribution in [-0.4, -0.2) is 24.6 Å². The third kappa shape index (κ3) is 2.62. The Hall–Kier alpha value is -1.60. The van der Waals surface area contributed by atoms with Gasteiger partial charge in [0.25, 0.3) is 0 Å². The quantitative estimate of drug-likeness (QED) is 0.819. The van der Waals surface area contributed by atoms with Gasteiger partial charge in [-0.05, 0) is 37.5 Å². The van der Waals surface area contributed by atoms with Crippen molar-refractivity contribution >= 4 is 5.69 Å². The van der Waals surface area contributed by atoms with Crippen LogP contribution >= 0.6 is 0 Å². The van der Waals surface area contributed by atoms with E-state index in [1.807, 2.05) is 11.1 Å². The predicted molar refractivity (Wildman–Crippen MR) is 69.6 cm³/mol. The molecule has 0 N–H and O–H groups in total. The summed E-state index contributed by atoms with van der Waals surface area (Å²) >= 11 is 0. The molecule has 1 saturated heterocycles. The minimum absolute atomic E-state index is 0.311. The van der Waals surface area contributed by atoms with Gasteiger partial charge < -0.3 is 5.01 Å². The molecular formula is C14H18FN3. The van der Waals surface area contributed by atoms with Crippen molar-refractivity contribution in [3.05, 3.63) is 29.6 Å². The first-order chi connectivity index (χ1) is 8.76. The molecule has 1 aliphatic rings. The summed E-state index contributed by atoms with van der Waals surface area (Å²) in [5, 5.41) is 13.0. The van der Waals surface area contributed by atoms with Crippen LogP contribution in [0.5, 0.6) is 0 Å². The van der Waals surface area contributed by atoms with E-state index in [1.165, 1.54) is 6.07 Å². The molecule has 3 nitrogen and oxygen atoms in total. The van der Waals surface area contributed by atoms with Crippen molar-refractivity contribution in [3.63, 3.8) is 0 Å². The second-order valence-electron chi connectivity index (χ2n) is 4.56. The van der Waals surface area contributed by atoms with Gasteiger partial charge >= 0.3 is 0 Å². The second kappa shape index (κ2) is 5.83. The lowest BCUT2D eigenvalue weighted by molar-refractivity contribution is 0.303. The third-order valence-corrected chi connectivity index (χ3v) is 3.21. The van der Waals surface area contributed by atoms with Crippen molar-refractivity contribution in [2.75, 3.05) is 24.6 Å². The lowest BCUT2D eigenvalue weighted by atomic mass is 10.2. The van der Waals surface area contributed by atoms with Gasteiger partial charge in [0, 0.05) is 19.6 Å². The Bertz CT molecular complexity index is 447. The first-order valence-corrected chi connectivity index (χ1v) is 6.48. The first kappa shape index (κ1) is 12.8. The Balaban J connectivity index is 2.27. The Morgan fingerprint density at radius 3 is 2.67 bits per heavy atom. The topological polar surface area (TPSA) is 30.3 Å². The van der Waals surface area contributed by atoms with Crippen molar-refractivity contribution in [1.29, 1.82) is 5.26 Å². The van der Waals surface area contributed by atoms with Gasteiger partial charge in [0.05, 0.1) is 17.3 Å². The summed E-state index contributed by atoms with van der Waals surface area (Å²) in [4.78, 5) is 0. The van der Waals surface area contributed by atoms with Gasteiger partial charge in [0.15, 0.2) is 0 Å². The van der Waals surface area contributed by atoms with Crippen molar-refractivity contribution in [2.45, 2.75) is 26.2 Å². The van der Waals surface area contributed by atoms with Crippen molar-refractivity contribution in [1.82, 2.24) is 5.01 Å². The van der Waals surface area contributed by atoms with E-state index in [9.17, 15) is 4.39 Å². The highest BCUT2D eigenvalue weighted by Gasteiger charge is 2.21. The Kier molecular flexibility index (Phi) is 4.16. The van der Waals surface area contributed by atoms with Crippen molar-refractivity contribution in [2.24, 2.45) is 0 Å². The molecule has 0 saturated carbocycles. The molecule has 0 aliphatic carbocycles. The molecule has 1 aromatic carbocycles. The van der Waals surface area contributed by atoms with E-state index in [-0.39, 0.29) is 5.82 Å². The number of hydrogen-bond acceptors (Lipinski definition) is 3. The molecule has 18 heavy (non-hydrogen) atoms. The molecule has 96 valence electrons. The fraction of sp³-hybridized carbons (Fsp3) is 0.500. The summed E-state index contributed by atoms with van der Waals surface area (Å²) in [5.74, 6) is -0.311. The highest BCUT2D eigenvalue weighted by atomic mass is 19.1. The van der Waals surface area contributed by atoms with Crippen LogP contribution in [0.1, 0.15) is 31.7 Å². The van der Waals surface area contributed by atoms with Crippen LogP contribution in [0.2, 0.25) is 0 Å². The Labute approximate surface area is 107 Å². The van der Waals surface area contributed by atoms with Gasteiger partial charge in [0.1, 0.15) is 5.82 Å². The van der Waals surface area contributed by atoms with Gasteiger partial charge in [-0.3, -0.25) is 0 Å². The second-order valence-corrected chi connectivity index (χ2v) is 4.56. The number of rotatable bonds is 4. The molecule has 1 fully saturated rings.